The predicted molar refractivity (Wildman–Crippen MR) is 72.7 cm³/mol. The van der Waals surface area contributed by atoms with Gasteiger partial charge in [0.1, 0.15) is 5.82 Å². The summed E-state index contributed by atoms with van der Waals surface area (Å²) in [4.78, 5) is 4.43. The van der Waals surface area contributed by atoms with E-state index in [1.807, 2.05) is 12.3 Å². The van der Waals surface area contributed by atoms with Gasteiger partial charge in [-0.25, -0.2) is 4.98 Å². The van der Waals surface area contributed by atoms with Crippen LogP contribution in [0.1, 0.15) is 24.4 Å². The fourth-order valence-electron chi connectivity index (χ4n) is 2.27. The van der Waals surface area contributed by atoms with Crippen LogP contribution < -0.4 is 5.32 Å². The van der Waals surface area contributed by atoms with Crippen LogP contribution in [-0.2, 0) is 6.54 Å². The number of para-hydroxylation sites is 1. The van der Waals surface area contributed by atoms with Crippen molar-refractivity contribution in [2.24, 2.45) is 5.92 Å². The summed E-state index contributed by atoms with van der Waals surface area (Å²) in [7, 11) is 0. The largest absolute Gasteiger partial charge is 0.311 e. The average Bonchev–Trinajstić information content (AvgIpc) is 3.14. The lowest BCUT2D eigenvalue weighted by Gasteiger charge is -2.10. The van der Waals surface area contributed by atoms with Gasteiger partial charge in [0.25, 0.3) is 0 Å². The molecule has 1 aliphatic carbocycles. The number of nitrogens with one attached hydrogen (secondary N) is 1. The van der Waals surface area contributed by atoms with Crippen LogP contribution in [0.5, 0.6) is 0 Å². The lowest BCUT2D eigenvalue weighted by atomic mass is 10.3. The number of aromatic nitrogens is 2. The molecule has 3 rings (SSSR count). The number of imidazole rings is 1. The second kappa shape index (κ2) is 4.94. The smallest absolute Gasteiger partial charge is 0.110 e. The van der Waals surface area contributed by atoms with Crippen molar-refractivity contribution in [1.82, 2.24) is 14.9 Å². The van der Waals surface area contributed by atoms with Crippen LogP contribution in [0.15, 0.2) is 36.5 Å². The molecular weight excluding hydrogens is 222 g/mol. The van der Waals surface area contributed by atoms with Crippen LogP contribution in [0.2, 0.25) is 0 Å². The van der Waals surface area contributed by atoms with Crippen LogP contribution >= 0.6 is 0 Å². The molecule has 1 aromatic carbocycles. The number of hydrogen-bond acceptors (Lipinski definition) is 2. The maximum Gasteiger partial charge on any atom is 0.110 e. The summed E-state index contributed by atoms with van der Waals surface area (Å²) in [5.41, 5.74) is 2.43. The van der Waals surface area contributed by atoms with E-state index in [4.69, 9.17) is 0 Å². The van der Waals surface area contributed by atoms with E-state index in [2.05, 4.69) is 46.1 Å². The van der Waals surface area contributed by atoms with E-state index in [0.717, 1.165) is 24.8 Å². The highest BCUT2D eigenvalue weighted by molar-refractivity contribution is 5.35. The third-order valence-electron chi connectivity index (χ3n) is 3.46. The summed E-state index contributed by atoms with van der Waals surface area (Å²) in [5, 5.41) is 3.53. The topological polar surface area (TPSA) is 29.9 Å². The number of aryl methyl sites for hydroxylation is 1. The van der Waals surface area contributed by atoms with Crippen LogP contribution in [0.3, 0.4) is 0 Å². The standard InChI is InChI=1S/C15H19N3/c1-12-17-11-15(10-16-9-13-7-8-13)18(12)14-5-3-2-4-6-14/h2-6,11,13,16H,7-10H2,1H3. The molecule has 0 amide bonds. The Kier molecular flexibility index (Phi) is 3.15. The Morgan fingerprint density at radius 1 is 1.28 bits per heavy atom. The molecule has 1 saturated carbocycles. The molecule has 0 atom stereocenters. The minimum absolute atomic E-state index is 0.895. The number of nitrogens with zero attached hydrogens (tertiary/aromatic N) is 2. The highest BCUT2D eigenvalue weighted by Crippen LogP contribution is 2.27. The molecule has 1 aromatic heterocycles. The van der Waals surface area contributed by atoms with Gasteiger partial charge in [0, 0.05) is 12.2 Å². The van der Waals surface area contributed by atoms with Crippen molar-refractivity contribution in [3.8, 4) is 5.69 Å². The van der Waals surface area contributed by atoms with Crippen LogP contribution in [-0.4, -0.2) is 16.1 Å². The van der Waals surface area contributed by atoms with E-state index in [-0.39, 0.29) is 0 Å². The molecule has 3 nitrogen and oxygen atoms in total. The van der Waals surface area contributed by atoms with Gasteiger partial charge in [-0.1, -0.05) is 18.2 Å². The molecule has 0 bridgehead atoms. The molecule has 0 saturated heterocycles. The molecule has 1 fully saturated rings. The zero-order valence-electron chi connectivity index (χ0n) is 10.8. The number of rotatable bonds is 5. The maximum absolute atomic E-state index is 4.43. The van der Waals surface area contributed by atoms with Gasteiger partial charge in [-0.3, -0.25) is 4.57 Å². The molecule has 0 unspecified atom stereocenters. The van der Waals surface area contributed by atoms with E-state index in [9.17, 15) is 0 Å². The lowest BCUT2D eigenvalue weighted by molar-refractivity contribution is 0.623. The molecule has 1 N–H and O–H groups in total. The SMILES string of the molecule is Cc1ncc(CNCC2CC2)n1-c1ccccc1. The van der Waals surface area contributed by atoms with Crippen molar-refractivity contribution in [3.05, 3.63) is 48.0 Å². The van der Waals surface area contributed by atoms with Crippen LogP contribution in [0, 0.1) is 12.8 Å². The minimum Gasteiger partial charge on any atom is -0.311 e. The molecule has 1 heterocycles. The third-order valence-corrected chi connectivity index (χ3v) is 3.46. The fourth-order valence-corrected chi connectivity index (χ4v) is 2.27. The van der Waals surface area contributed by atoms with Crippen LogP contribution in [0.4, 0.5) is 0 Å². The van der Waals surface area contributed by atoms with Gasteiger partial charge in [0.2, 0.25) is 0 Å². The summed E-state index contributed by atoms with van der Waals surface area (Å²) in [6.45, 7) is 4.09. The summed E-state index contributed by atoms with van der Waals surface area (Å²) < 4.78 is 2.22. The number of benzene rings is 1. The van der Waals surface area contributed by atoms with Gasteiger partial charge in [0.05, 0.1) is 11.9 Å². The molecular formula is C15H19N3. The van der Waals surface area contributed by atoms with Gasteiger partial charge in [0.15, 0.2) is 0 Å². The van der Waals surface area contributed by atoms with Gasteiger partial charge in [-0.05, 0) is 44.4 Å². The highest BCUT2D eigenvalue weighted by Gasteiger charge is 2.20. The maximum atomic E-state index is 4.43. The normalized spacial score (nSPS) is 14.9. The van der Waals surface area contributed by atoms with E-state index >= 15 is 0 Å². The van der Waals surface area contributed by atoms with Gasteiger partial charge < -0.3 is 5.32 Å². The third kappa shape index (κ3) is 2.46. The first-order valence-electron chi connectivity index (χ1n) is 6.64. The zero-order valence-corrected chi connectivity index (χ0v) is 10.8. The van der Waals surface area contributed by atoms with E-state index in [1.165, 1.54) is 24.2 Å². The predicted octanol–water partition coefficient (Wildman–Crippen LogP) is 2.68. The Morgan fingerprint density at radius 3 is 2.78 bits per heavy atom. The van der Waals surface area contributed by atoms with Crippen molar-refractivity contribution in [1.29, 1.82) is 0 Å². The number of hydrogen-bond donors (Lipinski definition) is 1. The Labute approximate surface area is 108 Å². The fraction of sp³-hybridized carbons (Fsp3) is 0.400. The van der Waals surface area contributed by atoms with Crippen LogP contribution in [0.25, 0.3) is 5.69 Å². The molecule has 0 radical (unpaired) electrons. The first-order chi connectivity index (χ1) is 8.84. The Bertz CT molecular complexity index is 512. The molecule has 18 heavy (non-hydrogen) atoms. The summed E-state index contributed by atoms with van der Waals surface area (Å²) in [5.74, 6) is 1.96. The van der Waals surface area contributed by atoms with Gasteiger partial charge in [-0.15, -0.1) is 0 Å². The molecule has 0 aliphatic heterocycles. The van der Waals surface area contributed by atoms with Gasteiger partial charge >= 0.3 is 0 Å². The quantitative estimate of drug-likeness (QED) is 0.872. The minimum atomic E-state index is 0.895. The summed E-state index contributed by atoms with van der Waals surface area (Å²) >= 11 is 0. The average molecular weight is 241 g/mol. The first kappa shape index (κ1) is 11.5. The van der Waals surface area contributed by atoms with E-state index < -0.39 is 0 Å². The van der Waals surface area contributed by atoms with E-state index in [0.29, 0.717) is 0 Å². The van der Waals surface area contributed by atoms with Crippen molar-refractivity contribution < 1.29 is 0 Å². The Morgan fingerprint density at radius 2 is 2.06 bits per heavy atom. The summed E-state index contributed by atoms with van der Waals surface area (Å²) in [6, 6.07) is 10.4. The highest BCUT2D eigenvalue weighted by atomic mass is 15.1. The molecule has 1 aliphatic rings. The van der Waals surface area contributed by atoms with Gasteiger partial charge in [-0.2, -0.15) is 0 Å². The molecule has 94 valence electrons. The van der Waals surface area contributed by atoms with Crippen molar-refractivity contribution in [2.45, 2.75) is 26.3 Å². The second-order valence-corrected chi connectivity index (χ2v) is 5.04. The molecule has 3 heteroatoms. The van der Waals surface area contributed by atoms with Crippen molar-refractivity contribution >= 4 is 0 Å². The molecule has 2 aromatic rings. The summed E-state index contributed by atoms with van der Waals surface area (Å²) in [6.07, 6.45) is 4.76. The Balaban J connectivity index is 1.77. The van der Waals surface area contributed by atoms with Crippen molar-refractivity contribution in [2.75, 3.05) is 6.54 Å². The van der Waals surface area contributed by atoms with E-state index in [1.54, 1.807) is 0 Å². The molecule has 0 spiro atoms. The second-order valence-electron chi connectivity index (χ2n) is 5.04. The lowest BCUT2D eigenvalue weighted by Crippen LogP contribution is -2.18. The Hall–Kier alpha value is -1.61. The van der Waals surface area contributed by atoms with Crippen molar-refractivity contribution in [3.63, 3.8) is 0 Å². The zero-order chi connectivity index (χ0) is 12.4. The first-order valence-corrected chi connectivity index (χ1v) is 6.64. The monoisotopic (exact) mass is 241 g/mol.